The second-order valence-electron chi connectivity index (χ2n) is 11.2. The van der Waals surface area contributed by atoms with Crippen LogP contribution < -0.4 is 4.74 Å². The number of pyridine rings is 1. The van der Waals surface area contributed by atoms with E-state index in [0.717, 1.165) is 55.3 Å². The van der Waals surface area contributed by atoms with E-state index in [-0.39, 0.29) is 23.7 Å². The van der Waals surface area contributed by atoms with Gasteiger partial charge in [-0.15, -0.1) is 0 Å². The zero-order valence-electron chi connectivity index (χ0n) is 23.1. The molecule has 42 heavy (non-hydrogen) atoms. The molecule has 0 N–H and O–H groups in total. The van der Waals surface area contributed by atoms with Crippen LogP contribution in [-0.4, -0.2) is 63.3 Å². The van der Waals surface area contributed by atoms with Crippen molar-refractivity contribution in [3.8, 4) is 11.9 Å². The molecule has 2 aliphatic heterocycles. The molecular weight excluding hydrogens is 559 g/mol. The number of carbonyl (C=O) groups excluding carboxylic acids is 1. The smallest absolute Gasteiger partial charge is 0.367 e. The normalized spacial score (nSPS) is 23.2. The van der Waals surface area contributed by atoms with Gasteiger partial charge in [0.25, 0.3) is 0 Å². The lowest BCUT2D eigenvalue weighted by Crippen LogP contribution is -2.37. The maximum absolute atomic E-state index is 14.3. The summed E-state index contributed by atoms with van der Waals surface area (Å²) in [5, 5.41) is 9.27. The Labute approximate surface area is 245 Å². The molecule has 12 heteroatoms. The summed E-state index contributed by atoms with van der Waals surface area (Å²) in [5.74, 6) is 0.981. The van der Waals surface area contributed by atoms with Crippen LogP contribution in [-0.2, 0) is 34.6 Å². The third-order valence-corrected chi connectivity index (χ3v) is 9.71. The Morgan fingerprint density at radius 3 is 2.90 bits per heavy atom. The highest BCUT2D eigenvalue weighted by Gasteiger charge is 2.58. The number of nitrogens with zero attached hydrogens (tertiary/aromatic N) is 6. The van der Waals surface area contributed by atoms with Crippen LogP contribution in [0.5, 0.6) is 5.88 Å². The largest absolute Gasteiger partial charge is 0.473 e. The highest BCUT2D eigenvalue weighted by atomic mass is 32.1. The number of fused-ring (bicyclic) bond motifs is 2. The number of rotatable bonds is 9. The van der Waals surface area contributed by atoms with E-state index < -0.39 is 11.8 Å². The molecule has 216 valence electrons. The zero-order valence-corrected chi connectivity index (χ0v) is 23.9. The number of ether oxygens (including phenoxy) is 3. The van der Waals surface area contributed by atoms with Gasteiger partial charge in [-0.2, -0.15) is 5.26 Å². The Morgan fingerprint density at radius 2 is 2.17 bits per heavy atom. The Morgan fingerprint density at radius 1 is 1.29 bits per heavy atom. The molecule has 0 spiro atoms. The minimum atomic E-state index is -0.459. The molecule has 4 aromatic rings. The van der Waals surface area contributed by atoms with E-state index in [9.17, 15) is 9.18 Å². The molecule has 0 radical (unpaired) electrons. The van der Waals surface area contributed by atoms with Gasteiger partial charge in [-0.3, -0.25) is 4.90 Å². The van der Waals surface area contributed by atoms with Gasteiger partial charge in [0, 0.05) is 30.2 Å². The number of halogens is 1. The van der Waals surface area contributed by atoms with Gasteiger partial charge in [0.2, 0.25) is 10.9 Å². The number of benzene rings is 1. The van der Waals surface area contributed by atoms with Crippen molar-refractivity contribution in [3.05, 3.63) is 69.9 Å². The van der Waals surface area contributed by atoms with E-state index >= 15 is 0 Å². The fourth-order valence-electron chi connectivity index (χ4n) is 6.10. The quantitative estimate of drug-likeness (QED) is 0.265. The lowest BCUT2D eigenvalue weighted by atomic mass is 9.91. The van der Waals surface area contributed by atoms with Crippen molar-refractivity contribution in [1.82, 2.24) is 24.4 Å². The number of imidazole rings is 1. The molecule has 3 unspecified atom stereocenters. The van der Waals surface area contributed by atoms with Gasteiger partial charge in [0.1, 0.15) is 23.1 Å². The molecule has 1 saturated carbocycles. The van der Waals surface area contributed by atoms with E-state index in [1.807, 2.05) is 12.1 Å². The zero-order chi connectivity index (χ0) is 28.8. The van der Waals surface area contributed by atoms with Crippen LogP contribution in [0.15, 0.2) is 36.4 Å². The first-order chi connectivity index (χ1) is 20.5. The minimum Gasteiger partial charge on any atom is -0.473 e. The number of likely N-dealkylation sites (tertiary alicyclic amines) is 1. The fourth-order valence-corrected chi connectivity index (χ4v) is 7.05. The molecule has 3 aromatic heterocycles. The number of esters is 1. The van der Waals surface area contributed by atoms with E-state index in [2.05, 4.69) is 20.5 Å². The van der Waals surface area contributed by atoms with E-state index in [1.54, 1.807) is 18.2 Å². The topological polar surface area (TPSA) is 115 Å². The number of hydrogen-bond acceptors (Lipinski definition) is 10. The molecule has 3 fully saturated rings. The van der Waals surface area contributed by atoms with Crippen LogP contribution in [0.1, 0.15) is 51.7 Å². The van der Waals surface area contributed by atoms with Crippen molar-refractivity contribution >= 4 is 27.8 Å². The lowest BCUT2D eigenvalue weighted by Gasteiger charge is -2.32. The second-order valence-corrected chi connectivity index (χ2v) is 12.1. The highest BCUT2D eigenvalue weighted by Crippen LogP contribution is 2.59. The summed E-state index contributed by atoms with van der Waals surface area (Å²) in [7, 11) is 1.36. The molecule has 0 amide bonds. The monoisotopic (exact) mass is 588 g/mol. The Kier molecular flexibility index (Phi) is 6.88. The standard InChI is InChI=1S/C30H29FN6O4S/c1-39-29(38)27-35-26-28(42-27)37(15-21-7-10-40-21)24(34-26)16-36-9-8-30(12-20(30)14-36)23-3-2-4-25(33-23)41-17-19-6-5-18(13-32)11-22(19)31/h2-6,11,20-21H,7-10,12,14-17H2,1H3. The Balaban J connectivity index is 1.03. The van der Waals surface area contributed by atoms with Crippen LogP contribution in [0.4, 0.5) is 4.39 Å². The second kappa shape index (κ2) is 10.7. The molecule has 7 rings (SSSR count). The highest BCUT2D eigenvalue weighted by molar-refractivity contribution is 7.19. The van der Waals surface area contributed by atoms with Crippen molar-refractivity contribution in [2.75, 3.05) is 26.8 Å². The van der Waals surface area contributed by atoms with Crippen molar-refractivity contribution < 1.29 is 23.4 Å². The molecule has 1 aromatic carbocycles. The Hall–Kier alpha value is -3.92. The summed E-state index contributed by atoms with van der Waals surface area (Å²) in [5.41, 5.74) is 2.29. The van der Waals surface area contributed by atoms with Crippen molar-refractivity contribution in [2.24, 2.45) is 5.92 Å². The first kappa shape index (κ1) is 26.9. The maximum Gasteiger partial charge on any atom is 0.367 e. The third kappa shape index (κ3) is 4.91. The van der Waals surface area contributed by atoms with Gasteiger partial charge >= 0.3 is 5.97 Å². The SMILES string of the molecule is COC(=O)c1nc2nc(CN3CCC4(c5cccc(OCc6ccc(C#N)cc6F)n5)CC4C3)n(CC3CCO3)c2s1. The summed E-state index contributed by atoms with van der Waals surface area (Å²) in [6.07, 6.45) is 3.20. The van der Waals surface area contributed by atoms with E-state index in [0.29, 0.717) is 41.1 Å². The molecule has 3 aliphatic rings. The van der Waals surface area contributed by atoms with Crippen LogP contribution in [0.3, 0.4) is 0 Å². The first-order valence-corrected chi connectivity index (χ1v) is 14.8. The predicted octanol–water partition coefficient (Wildman–Crippen LogP) is 4.22. The average molecular weight is 589 g/mol. The summed E-state index contributed by atoms with van der Waals surface area (Å²) in [6.45, 7) is 4.05. The number of hydrogen-bond donors (Lipinski definition) is 0. The van der Waals surface area contributed by atoms with Crippen LogP contribution in [0.25, 0.3) is 10.5 Å². The van der Waals surface area contributed by atoms with Crippen LogP contribution in [0, 0.1) is 23.1 Å². The fraction of sp³-hybridized carbons (Fsp3) is 0.433. The lowest BCUT2D eigenvalue weighted by molar-refractivity contribution is -0.0591. The molecular formula is C30H29FN6O4S. The number of methoxy groups -OCH3 is 1. The average Bonchev–Trinajstić information content (AvgIpc) is 3.45. The number of nitriles is 1. The number of aromatic nitrogens is 4. The summed E-state index contributed by atoms with van der Waals surface area (Å²) in [4.78, 5) is 29.4. The molecule has 1 aliphatic carbocycles. The van der Waals surface area contributed by atoms with Gasteiger partial charge in [-0.25, -0.2) is 24.1 Å². The summed E-state index contributed by atoms with van der Waals surface area (Å²) >= 11 is 1.31. The summed E-state index contributed by atoms with van der Waals surface area (Å²) in [6, 6.07) is 12.1. The van der Waals surface area contributed by atoms with E-state index in [4.69, 9.17) is 29.4 Å². The number of thiazole rings is 1. The third-order valence-electron chi connectivity index (χ3n) is 8.66. The van der Waals surface area contributed by atoms with Gasteiger partial charge in [0.05, 0.1) is 43.6 Å². The van der Waals surface area contributed by atoms with Crippen molar-refractivity contribution in [1.29, 1.82) is 5.26 Å². The van der Waals surface area contributed by atoms with Gasteiger partial charge in [0.15, 0.2) is 5.65 Å². The Bertz CT molecular complexity index is 1710. The van der Waals surface area contributed by atoms with Crippen LogP contribution in [0.2, 0.25) is 0 Å². The van der Waals surface area contributed by atoms with Crippen LogP contribution >= 0.6 is 11.3 Å². The van der Waals surface area contributed by atoms with Crippen molar-refractivity contribution in [3.63, 3.8) is 0 Å². The minimum absolute atomic E-state index is 0.0298. The predicted molar refractivity (Wildman–Crippen MR) is 150 cm³/mol. The molecule has 5 heterocycles. The van der Waals surface area contributed by atoms with Gasteiger partial charge in [-0.1, -0.05) is 23.5 Å². The number of piperidine rings is 1. The molecule has 2 saturated heterocycles. The molecule has 3 atom stereocenters. The van der Waals surface area contributed by atoms with Gasteiger partial charge in [-0.05, 0) is 49.9 Å². The molecule has 0 bridgehead atoms. The number of carbonyl (C=O) groups is 1. The van der Waals surface area contributed by atoms with Crippen molar-refractivity contribution in [2.45, 2.75) is 50.5 Å². The summed E-state index contributed by atoms with van der Waals surface area (Å²) < 4.78 is 32.9. The first-order valence-electron chi connectivity index (χ1n) is 14.0. The van der Waals surface area contributed by atoms with Gasteiger partial charge < -0.3 is 18.8 Å². The maximum atomic E-state index is 14.3. The van der Waals surface area contributed by atoms with E-state index in [1.165, 1.54) is 24.5 Å². The molecule has 10 nitrogen and oxygen atoms in total.